The summed E-state index contributed by atoms with van der Waals surface area (Å²) in [6.45, 7) is 4.38. The second kappa shape index (κ2) is 6.91. The van der Waals surface area contributed by atoms with Crippen molar-refractivity contribution in [3.63, 3.8) is 0 Å². The van der Waals surface area contributed by atoms with Gasteiger partial charge < -0.3 is 15.7 Å². The van der Waals surface area contributed by atoms with E-state index in [1.54, 1.807) is 29.2 Å². The Morgan fingerprint density at radius 3 is 2.61 bits per heavy atom. The minimum Gasteiger partial charge on any atom is -0.481 e. The molecule has 122 valence electrons. The average molecular weight is 332 g/mol. The van der Waals surface area contributed by atoms with Gasteiger partial charge in [0.05, 0.1) is 6.04 Å². The Morgan fingerprint density at radius 1 is 1.43 bits per heavy atom. The number of hydrogen-bond acceptors (Lipinski definition) is 4. The maximum absolute atomic E-state index is 12.9. The molecule has 2 unspecified atom stereocenters. The van der Waals surface area contributed by atoms with Crippen molar-refractivity contribution in [3.05, 3.63) is 47.2 Å². The molecule has 2 atom stereocenters. The number of amides is 1. The highest BCUT2D eigenvalue weighted by molar-refractivity contribution is 7.79. The zero-order valence-electron chi connectivity index (χ0n) is 13.1. The van der Waals surface area contributed by atoms with Crippen LogP contribution in [0.1, 0.15) is 35.7 Å². The van der Waals surface area contributed by atoms with Crippen LogP contribution in [0.25, 0.3) is 0 Å². The molecule has 0 aromatic heterocycles. The summed E-state index contributed by atoms with van der Waals surface area (Å²) in [6.07, 6.45) is 1.29. The molecule has 0 radical (unpaired) electrons. The molecule has 3 N–H and O–H groups in total. The third-order valence-electron chi connectivity index (χ3n) is 3.94. The number of carbonyl (C=O) groups excluding carboxylic acids is 1. The highest BCUT2D eigenvalue weighted by Crippen LogP contribution is 2.37. The molecular formula is C17H20N2O3S. The van der Waals surface area contributed by atoms with Gasteiger partial charge in [-0.3, -0.25) is 9.59 Å². The van der Waals surface area contributed by atoms with E-state index >= 15 is 0 Å². The topological polar surface area (TPSA) is 83.6 Å². The van der Waals surface area contributed by atoms with Gasteiger partial charge in [-0.1, -0.05) is 44.3 Å². The second-order valence-corrected chi connectivity index (χ2v) is 6.22. The molecule has 1 heterocycles. The van der Waals surface area contributed by atoms with Crippen molar-refractivity contribution in [2.75, 3.05) is 6.54 Å². The summed E-state index contributed by atoms with van der Waals surface area (Å²) in [5.41, 5.74) is 7.05. The third kappa shape index (κ3) is 3.12. The van der Waals surface area contributed by atoms with Crippen LogP contribution < -0.4 is 5.73 Å². The van der Waals surface area contributed by atoms with Gasteiger partial charge in [-0.2, -0.15) is 0 Å². The van der Waals surface area contributed by atoms with Gasteiger partial charge in [-0.25, -0.2) is 0 Å². The molecule has 0 saturated carbocycles. The Bertz CT molecular complexity index is 670. The van der Waals surface area contributed by atoms with E-state index in [4.69, 9.17) is 18.0 Å². The number of nitrogens with two attached hydrogens (primary N) is 1. The maximum Gasteiger partial charge on any atom is 0.313 e. The number of carboxylic acids is 1. The van der Waals surface area contributed by atoms with Crippen LogP contribution in [0.3, 0.4) is 0 Å². The largest absolute Gasteiger partial charge is 0.481 e. The minimum atomic E-state index is -1.00. The molecule has 5 nitrogen and oxygen atoms in total. The van der Waals surface area contributed by atoms with E-state index in [-0.39, 0.29) is 11.8 Å². The Morgan fingerprint density at radius 2 is 2.09 bits per heavy atom. The van der Waals surface area contributed by atoms with Crippen molar-refractivity contribution in [1.29, 1.82) is 0 Å². The van der Waals surface area contributed by atoms with Crippen molar-refractivity contribution in [2.45, 2.75) is 25.8 Å². The van der Waals surface area contributed by atoms with Crippen molar-refractivity contribution in [2.24, 2.45) is 11.7 Å². The summed E-state index contributed by atoms with van der Waals surface area (Å²) in [5, 5.41) is 11.1. The molecule has 0 aliphatic carbocycles. The SMILES string of the molecule is CC(C)CN1C(=O)c2ccccc2C(C(=O)O)C1C(C=S)=CN. The average Bonchev–Trinajstić information content (AvgIpc) is 2.51. The summed E-state index contributed by atoms with van der Waals surface area (Å²) in [5.74, 6) is -1.89. The van der Waals surface area contributed by atoms with E-state index in [1.165, 1.54) is 11.6 Å². The summed E-state index contributed by atoms with van der Waals surface area (Å²) in [4.78, 5) is 26.4. The monoisotopic (exact) mass is 332 g/mol. The second-order valence-electron chi connectivity index (χ2n) is 5.98. The van der Waals surface area contributed by atoms with Crippen molar-refractivity contribution < 1.29 is 14.7 Å². The predicted octanol–water partition coefficient (Wildman–Crippen LogP) is 2.18. The van der Waals surface area contributed by atoms with E-state index in [0.29, 0.717) is 23.2 Å². The van der Waals surface area contributed by atoms with Crippen LogP contribution in [0.2, 0.25) is 0 Å². The maximum atomic E-state index is 12.9. The zero-order valence-corrected chi connectivity index (χ0v) is 13.9. The van der Waals surface area contributed by atoms with Gasteiger partial charge >= 0.3 is 5.97 Å². The predicted molar refractivity (Wildman–Crippen MR) is 92.4 cm³/mol. The first-order valence-corrected chi connectivity index (χ1v) is 7.89. The van der Waals surface area contributed by atoms with Crippen LogP contribution in [-0.4, -0.2) is 39.8 Å². The number of carbonyl (C=O) groups is 2. The number of hydrogen-bond donors (Lipinski definition) is 2. The summed E-state index contributed by atoms with van der Waals surface area (Å²) in [7, 11) is 0. The molecule has 1 amide bonds. The number of carboxylic acid groups (broad SMARTS) is 1. The fourth-order valence-electron chi connectivity index (χ4n) is 3.03. The van der Waals surface area contributed by atoms with Crippen LogP contribution in [-0.2, 0) is 4.79 Å². The van der Waals surface area contributed by atoms with E-state index in [9.17, 15) is 14.7 Å². The van der Waals surface area contributed by atoms with Crippen molar-refractivity contribution in [3.8, 4) is 0 Å². The first kappa shape index (κ1) is 17.1. The number of fused-ring (bicyclic) bond motifs is 1. The van der Waals surface area contributed by atoms with E-state index in [0.717, 1.165) is 0 Å². The molecule has 0 fully saturated rings. The number of nitrogens with zero attached hydrogens (tertiary/aromatic N) is 1. The zero-order chi connectivity index (χ0) is 17.1. The standard InChI is InChI=1S/C17H20N2O3S/c1-10(2)8-19-15(11(7-18)9-23)14(17(21)22)12-5-3-4-6-13(12)16(19)20/h3-7,9-10,14-15H,8,18H2,1-2H3,(H,21,22). The van der Waals surface area contributed by atoms with Gasteiger partial charge in [-0.05, 0) is 17.5 Å². The molecular weight excluding hydrogens is 312 g/mol. The Labute approximate surface area is 140 Å². The highest BCUT2D eigenvalue weighted by atomic mass is 32.1. The number of benzene rings is 1. The Balaban J connectivity index is 2.68. The lowest BCUT2D eigenvalue weighted by atomic mass is 9.79. The number of rotatable bonds is 5. The lowest BCUT2D eigenvalue weighted by molar-refractivity contribution is -0.140. The van der Waals surface area contributed by atoms with Gasteiger partial charge in [0.2, 0.25) is 0 Å². The van der Waals surface area contributed by atoms with Crippen molar-refractivity contribution >= 4 is 29.5 Å². The number of aliphatic carboxylic acids is 1. The summed E-state index contributed by atoms with van der Waals surface area (Å²) < 4.78 is 0. The van der Waals surface area contributed by atoms with E-state index in [2.05, 4.69) is 0 Å². The molecule has 2 rings (SSSR count). The first-order valence-electron chi connectivity index (χ1n) is 7.42. The molecule has 6 heteroatoms. The van der Waals surface area contributed by atoms with Crippen LogP contribution in [0.15, 0.2) is 36.0 Å². The normalized spacial score (nSPS) is 21.3. The molecule has 0 spiro atoms. The lowest BCUT2D eigenvalue weighted by Gasteiger charge is -2.41. The number of thiocarbonyl (C=S) groups is 1. The highest BCUT2D eigenvalue weighted by Gasteiger charge is 2.44. The molecule has 23 heavy (non-hydrogen) atoms. The molecule has 0 bridgehead atoms. The molecule has 1 aliphatic rings. The minimum absolute atomic E-state index is 0.185. The van der Waals surface area contributed by atoms with Crippen LogP contribution >= 0.6 is 12.2 Å². The van der Waals surface area contributed by atoms with Crippen LogP contribution in [0, 0.1) is 5.92 Å². The molecule has 1 aliphatic heterocycles. The Hall–Kier alpha value is -2.21. The Kier molecular flexibility index (Phi) is 5.15. The van der Waals surface area contributed by atoms with Gasteiger partial charge in [0.1, 0.15) is 5.92 Å². The molecule has 1 aromatic rings. The third-order valence-corrected chi connectivity index (χ3v) is 4.21. The fraction of sp³-hybridized carbons (Fsp3) is 0.353. The lowest BCUT2D eigenvalue weighted by Crippen LogP contribution is -2.52. The molecule has 1 aromatic carbocycles. The van der Waals surface area contributed by atoms with Gasteiger partial charge in [-0.15, -0.1) is 0 Å². The van der Waals surface area contributed by atoms with E-state index in [1.807, 2.05) is 13.8 Å². The summed E-state index contributed by atoms with van der Waals surface area (Å²) >= 11 is 4.99. The van der Waals surface area contributed by atoms with Crippen LogP contribution in [0.5, 0.6) is 0 Å². The quantitative estimate of drug-likeness (QED) is 0.638. The summed E-state index contributed by atoms with van der Waals surface area (Å²) in [6, 6.07) is 6.13. The van der Waals surface area contributed by atoms with E-state index < -0.39 is 17.9 Å². The van der Waals surface area contributed by atoms with Crippen molar-refractivity contribution in [1.82, 2.24) is 4.90 Å². The van der Waals surface area contributed by atoms with Gasteiger partial charge in [0.15, 0.2) is 0 Å². The first-order chi connectivity index (χ1) is 10.9. The molecule has 0 saturated heterocycles. The van der Waals surface area contributed by atoms with Gasteiger partial charge in [0.25, 0.3) is 5.91 Å². The smallest absolute Gasteiger partial charge is 0.313 e. The van der Waals surface area contributed by atoms with Crippen LogP contribution in [0.4, 0.5) is 0 Å². The van der Waals surface area contributed by atoms with Gasteiger partial charge in [0, 0.05) is 29.2 Å². The fourth-order valence-corrected chi connectivity index (χ4v) is 3.25.